The highest BCUT2D eigenvalue weighted by atomic mass is 16.3. The van der Waals surface area contributed by atoms with Gasteiger partial charge in [0.15, 0.2) is 0 Å². The van der Waals surface area contributed by atoms with E-state index in [0.717, 1.165) is 5.69 Å². The van der Waals surface area contributed by atoms with Gasteiger partial charge in [0.05, 0.1) is 5.69 Å². The Bertz CT molecular complexity index is 539. The number of hydrogen-bond acceptors (Lipinski definition) is 4. The van der Waals surface area contributed by atoms with Crippen molar-refractivity contribution in [2.24, 2.45) is 0 Å². The number of likely N-dealkylation sites (N-methyl/N-ethyl adjacent to an activating group) is 1. The Morgan fingerprint density at radius 2 is 2.11 bits per heavy atom. The summed E-state index contributed by atoms with van der Waals surface area (Å²) < 4.78 is 1.48. The fourth-order valence-corrected chi connectivity index (χ4v) is 1.69. The van der Waals surface area contributed by atoms with Gasteiger partial charge in [0.25, 0.3) is 0 Å². The molecule has 0 spiro atoms. The molecule has 0 saturated heterocycles. The van der Waals surface area contributed by atoms with Crippen molar-refractivity contribution in [1.82, 2.24) is 15.0 Å². The van der Waals surface area contributed by atoms with E-state index in [2.05, 4.69) is 10.3 Å². The van der Waals surface area contributed by atoms with Crippen molar-refractivity contribution < 1.29 is 9.90 Å². The number of carbonyl (C=O) groups excluding carboxylic acids is 1. The average Bonchev–Trinajstić information content (AvgIpc) is 2.86. The molecule has 2 rings (SSSR count). The third-order valence-electron chi connectivity index (χ3n) is 2.77. The molecule has 1 N–H and O–H groups in total. The highest BCUT2D eigenvalue weighted by Crippen LogP contribution is 2.11. The second-order valence-electron chi connectivity index (χ2n) is 4.17. The third kappa shape index (κ3) is 3.38. The highest BCUT2D eigenvalue weighted by Gasteiger charge is 2.12. The number of benzene rings is 1. The number of nitrogens with zero attached hydrogens (tertiary/aromatic N) is 4. The summed E-state index contributed by atoms with van der Waals surface area (Å²) in [6.45, 7) is 0.153. The van der Waals surface area contributed by atoms with Gasteiger partial charge in [-0.05, 0) is 12.1 Å². The second-order valence-corrected chi connectivity index (χ2v) is 4.17. The molecule has 0 aliphatic rings. The minimum atomic E-state index is -0.0772. The van der Waals surface area contributed by atoms with Crippen LogP contribution in [-0.4, -0.2) is 39.7 Å². The molecule has 1 aromatic carbocycles. The van der Waals surface area contributed by atoms with E-state index in [9.17, 15) is 4.79 Å². The molecule has 6 heteroatoms. The van der Waals surface area contributed by atoms with Crippen molar-refractivity contribution in [3.8, 4) is 0 Å². The lowest BCUT2D eigenvalue weighted by molar-refractivity contribution is -0.119. The Labute approximate surface area is 111 Å². The summed E-state index contributed by atoms with van der Waals surface area (Å²) in [5.74, 6) is -0.0772. The monoisotopic (exact) mass is 260 g/mol. The normalized spacial score (nSPS) is 10.4. The van der Waals surface area contributed by atoms with Crippen molar-refractivity contribution in [3.63, 3.8) is 0 Å². The zero-order chi connectivity index (χ0) is 13.7. The molecule has 0 fully saturated rings. The summed E-state index contributed by atoms with van der Waals surface area (Å²) in [5, 5.41) is 16.5. The Hall–Kier alpha value is -2.21. The van der Waals surface area contributed by atoms with Crippen LogP contribution in [0, 0.1) is 0 Å². The van der Waals surface area contributed by atoms with Crippen LogP contribution < -0.4 is 4.90 Å². The van der Waals surface area contributed by atoms with Crippen molar-refractivity contribution in [3.05, 3.63) is 42.2 Å². The van der Waals surface area contributed by atoms with E-state index < -0.39 is 0 Å². The van der Waals surface area contributed by atoms with E-state index in [1.165, 1.54) is 4.68 Å². The molecule has 0 aliphatic carbocycles. The maximum absolute atomic E-state index is 12.1. The minimum Gasteiger partial charge on any atom is -0.396 e. The molecule has 19 heavy (non-hydrogen) atoms. The molecule has 0 aliphatic heterocycles. The van der Waals surface area contributed by atoms with Crippen LogP contribution in [0.3, 0.4) is 0 Å². The third-order valence-corrected chi connectivity index (χ3v) is 2.77. The van der Waals surface area contributed by atoms with Crippen molar-refractivity contribution >= 4 is 11.6 Å². The zero-order valence-electron chi connectivity index (χ0n) is 10.7. The lowest BCUT2D eigenvalue weighted by atomic mass is 10.3. The number of aliphatic hydroxyl groups excluding tert-OH is 1. The van der Waals surface area contributed by atoms with E-state index in [4.69, 9.17) is 5.11 Å². The smallest absolute Gasteiger partial charge is 0.248 e. The molecule has 100 valence electrons. The SMILES string of the molecule is CN(C(=O)Cn1cc(CCO)nn1)c1ccccc1. The molecular weight excluding hydrogens is 244 g/mol. The van der Waals surface area contributed by atoms with Gasteiger partial charge in [-0.1, -0.05) is 23.4 Å². The number of anilines is 1. The highest BCUT2D eigenvalue weighted by molar-refractivity contribution is 5.92. The van der Waals surface area contributed by atoms with Gasteiger partial charge in [0.2, 0.25) is 5.91 Å². The summed E-state index contributed by atoms with van der Waals surface area (Å²) in [4.78, 5) is 13.6. The van der Waals surface area contributed by atoms with Crippen LogP contribution in [-0.2, 0) is 17.8 Å². The molecule has 0 saturated carbocycles. The molecule has 0 radical (unpaired) electrons. The van der Waals surface area contributed by atoms with E-state index >= 15 is 0 Å². The topological polar surface area (TPSA) is 71.2 Å². The first-order valence-corrected chi connectivity index (χ1v) is 6.02. The second kappa shape index (κ2) is 6.10. The summed E-state index contributed by atoms with van der Waals surface area (Å²) in [6.07, 6.45) is 2.12. The minimum absolute atomic E-state index is 0.0244. The average molecular weight is 260 g/mol. The molecule has 0 atom stereocenters. The lowest BCUT2D eigenvalue weighted by Crippen LogP contribution is -2.30. The largest absolute Gasteiger partial charge is 0.396 e. The van der Waals surface area contributed by atoms with E-state index in [1.807, 2.05) is 30.3 Å². The Kier molecular flexibility index (Phi) is 4.25. The van der Waals surface area contributed by atoms with Crippen LogP contribution in [0.15, 0.2) is 36.5 Å². The first kappa shape index (κ1) is 13.2. The molecule has 1 amide bonds. The Morgan fingerprint density at radius 3 is 2.79 bits per heavy atom. The quantitative estimate of drug-likeness (QED) is 0.848. The first-order valence-electron chi connectivity index (χ1n) is 6.02. The number of aromatic nitrogens is 3. The van der Waals surface area contributed by atoms with E-state index in [-0.39, 0.29) is 19.1 Å². The van der Waals surface area contributed by atoms with Crippen molar-refractivity contribution in [2.75, 3.05) is 18.6 Å². The van der Waals surface area contributed by atoms with Gasteiger partial charge in [0, 0.05) is 32.0 Å². The van der Waals surface area contributed by atoms with Gasteiger partial charge < -0.3 is 10.0 Å². The lowest BCUT2D eigenvalue weighted by Gasteiger charge is -2.16. The van der Waals surface area contributed by atoms with Gasteiger partial charge in [-0.15, -0.1) is 5.10 Å². The fraction of sp³-hybridized carbons (Fsp3) is 0.308. The Morgan fingerprint density at radius 1 is 1.37 bits per heavy atom. The van der Waals surface area contributed by atoms with Gasteiger partial charge in [-0.2, -0.15) is 0 Å². The maximum Gasteiger partial charge on any atom is 0.248 e. The standard InChI is InChI=1S/C13H16N4O2/c1-16(12-5-3-2-4-6-12)13(19)10-17-9-11(7-8-18)14-15-17/h2-6,9,18H,7-8,10H2,1H3. The van der Waals surface area contributed by atoms with Crippen LogP contribution in [0.5, 0.6) is 0 Å². The predicted octanol–water partition coefficient (Wildman–Crippen LogP) is 0.476. The van der Waals surface area contributed by atoms with Crippen molar-refractivity contribution in [1.29, 1.82) is 0 Å². The van der Waals surface area contributed by atoms with Crippen LogP contribution in [0.25, 0.3) is 0 Å². The van der Waals surface area contributed by atoms with Crippen LogP contribution in [0.1, 0.15) is 5.69 Å². The van der Waals surface area contributed by atoms with E-state index in [1.54, 1.807) is 18.1 Å². The van der Waals surface area contributed by atoms with Crippen LogP contribution >= 0.6 is 0 Å². The molecule has 1 heterocycles. The first-order chi connectivity index (χ1) is 9.20. The van der Waals surface area contributed by atoms with Crippen LogP contribution in [0.2, 0.25) is 0 Å². The number of hydrogen-bond donors (Lipinski definition) is 1. The summed E-state index contributed by atoms with van der Waals surface area (Å²) in [7, 11) is 1.73. The molecule has 6 nitrogen and oxygen atoms in total. The molecular formula is C13H16N4O2. The van der Waals surface area contributed by atoms with Gasteiger partial charge in [0.1, 0.15) is 6.54 Å². The number of rotatable bonds is 5. The predicted molar refractivity (Wildman–Crippen MR) is 70.7 cm³/mol. The van der Waals surface area contributed by atoms with Crippen LogP contribution in [0.4, 0.5) is 5.69 Å². The summed E-state index contributed by atoms with van der Waals surface area (Å²) in [5.41, 5.74) is 1.51. The summed E-state index contributed by atoms with van der Waals surface area (Å²) in [6, 6.07) is 9.41. The fourth-order valence-electron chi connectivity index (χ4n) is 1.69. The number of aliphatic hydroxyl groups is 1. The van der Waals surface area contributed by atoms with Gasteiger partial charge >= 0.3 is 0 Å². The molecule has 0 bridgehead atoms. The zero-order valence-corrected chi connectivity index (χ0v) is 10.7. The molecule has 0 unspecified atom stereocenters. The van der Waals surface area contributed by atoms with E-state index in [0.29, 0.717) is 12.1 Å². The number of carbonyl (C=O) groups is 1. The number of amides is 1. The maximum atomic E-state index is 12.1. The number of para-hydroxylation sites is 1. The van der Waals surface area contributed by atoms with Crippen molar-refractivity contribution in [2.45, 2.75) is 13.0 Å². The Balaban J connectivity index is 2.00. The summed E-state index contributed by atoms with van der Waals surface area (Å²) >= 11 is 0. The molecule has 2 aromatic rings. The molecule has 1 aromatic heterocycles. The van der Waals surface area contributed by atoms with Gasteiger partial charge in [-0.25, -0.2) is 4.68 Å². The van der Waals surface area contributed by atoms with Gasteiger partial charge in [-0.3, -0.25) is 4.79 Å².